The SMILES string of the molecule is CC(=O)c1ccc(NC(=S)Nc2nc(C)cc(C)n2)cc1. The quantitative estimate of drug-likeness (QED) is 0.670. The number of thiocarbonyl (C=S) groups is 1. The molecule has 0 aliphatic carbocycles. The molecule has 0 fully saturated rings. The summed E-state index contributed by atoms with van der Waals surface area (Å²) in [4.78, 5) is 19.7. The number of aromatic nitrogens is 2. The average molecular weight is 300 g/mol. The monoisotopic (exact) mass is 300 g/mol. The lowest BCUT2D eigenvalue weighted by molar-refractivity contribution is 0.101. The fraction of sp³-hybridized carbons (Fsp3) is 0.200. The van der Waals surface area contributed by atoms with E-state index in [0.717, 1.165) is 17.1 Å². The van der Waals surface area contributed by atoms with Crippen LogP contribution in [0.25, 0.3) is 0 Å². The molecule has 0 spiro atoms. The highest BCUT2D eigenvalue weighted by Gasteiger charge is 2.04. The largest absolute Gasteiger partial charge is 0.332 e. The third kappa shape index (κ3) is 4.32. The van der Waals surface area contributed by atoms with Crippen molar-refractivity contribution in [3.8, 4) is 0 Å². The zero-order chi connectivity index (χ0) is 15.4. The molecule has 1 aromatic carbocycles. The molecule has 0 saturated carbocycles. The van der Waals surface area contributed by atoms with Crippen molar-refractivity contribution in [2.75, 3.05) is 10.6 Å². The second-order valence-electron chi connectivity index (χ2n) is 4.69. The van der Waals surface area contributed by atoms with Crippen LogP contribution in [0.1, 0.15) is 28.7 Å². The molecule has 2 rings (SSSR count). The Hall–Kier alpha value is -2.34. The Kier molecular flexibility index (Phi) is 4.59. The van der Waals surface area contributed by atoms with E-state index in [1.165, 1.54) is 6.92 Å². The fourth-order valence-corrected chi connectivity index (χ4v) is 2.04. The lowest BCUT2D eigenvalue weighted by Crippen LogP contribution is -2.21. The fourth-order valence-electron chi connectivity index (χ4n) is 1.83. The number of benzene rings is 1. The standard InChI is InChI=1S/C15H16N4OS/c1-9-8-10(2)17-14(16-9)19-15(21)18-13-6-4-12(5-7-13)11(3)20/h4-8H,1-3H3,(H2,16,17,18,19,21). The smallest absolute Gasteiger partial charge is 0.229 e. The molecule has 2 N–H and O–H groups in total. The molecule has 0 amide bonds. The molecule has 21 heavy (non-hydrogen) atoms. The normalized spacial score (nSPS) is 10.0. The number of anilines is 2. The first-order valence-corrected chi connectivity index (χ1v) is 6.86. The number of rotatable bonds is 3. The Bertz CT molecular complexity index is 662. The Morgan fingerprint density at radius 2 is 1.62 bits per heavy atom. The van der Waals surface area contributed by atoms with Gasteiger partial charge in [0.25, 0.3) is 0 Å². The van der Waals surface area contributed by atoms with E-state index in [1.807, 2.05) is 19.9 Å². The minimum absolute atomic E-state index is 0.0332. The number of Topliss-reactive ketones (excluding diaryl/α,β-unsaturated/α-hetero) is 1. The molecule has 6 heteroatoms. The molecule has 0 unspecified atom stereocenters. The number of hydrogen-bond acceptors (Lipinski definition) is 4. The highest BCUT2D eigenvalue weighted by Crippen LogP contribution is 2.11. The van der Waals surface area contributed by atoms with Crippen molar-refractivity contribution in [1.29, 1.82) is 0 Å². The number of nitrogens with one attached hydrogen (secondary N) is 2. The zero-order valence-electron chi connectivity index (χ0n) is 12.1. The Morgan fingerprint density at radius 1 is 1.05 bits per heavy atom. The molecule has 5 nitrogen and oxygen atoms in total. The van der Waals surface area contributed by atoms with Gasteiger partial charge in [0.2, 0.25) is 5.95 Å². The molecule has 0 bridgehead atoms. The first-order valence-electron chi connectivity index (χ1n) is 6.45. The zero-order valence-corrected chi connectivity index (χ0v) is 12.9. The number of carbonyl (C=O) groups excluding carboxylic acids is 1. The van der Waals surface area contributed by atoms with E-state index in [9.17, 15) is 4.79 Å². The van der Waals surface area contributed by atoms with E-state index in [-0.39, 0.29) is 5.78 Å². The van der Waals surface area contributed by atoms with Gasteiger partial charge in [-0.25, -0.2) is 9.97 Å². The van der Waals surface area contributed by atoms with Gasteiger partial charge in [-0.15, -0.1) is 0 Å². The van der Waals surface area contributed by atoms with Gasteiger partial charge in [0.1, 0.15) is 0 Å². The van der Waals surface area contributed by atoms with Gasteiger partial charge in [-0.2, -0.15) is 0 Å². The molecule has 0 radical (unpaired) electrons. The van der Waals surface area contributed by atoms with E-state index >= 15 is 0 Å². The molecule has 0 atom stereocenters. The van der Waals surface area contributed by atoms with E-state index in [4.69, 9.17) is 12.2 Å². The summed E-state index contributed by atoms with van der Waals surface area (Å²) in [7, 11) is 0. The van der Waals surface area contributed by atoms with Crippen molar-refractivity contribution < 1.29 is 4.79 Å². The minimum atomic E-state index is 0.0332. The van der Waals surface area contributed by atoms with E-state index in [2.05, 4.69) is 20.6 Å². The summed E-state index contributed by atoms with van der Waals surface area (Å²) in [6.07, 6.45) is 0. The van der Waals surface area contributed by atoms with Crippen LogP contribution in [-0.4, -0.2) is 20.9 Å². The van der Waals surface area contributed by atoms with Crippen molar-refractivity contribution in [2.45, 2.75) is 20.8 Å². The predicted octanol–water partition coefficient (Wildman–Crippen LogP) is 3.10. The summed E-state index contributed by atoms with van der Waals surface area (Å²) >= 11 is 5.22. The minimum Gasteiger partial charge on any atom is -0.332 e. The number of nitrogens with zero attached hydrogens (tertiary/aromatic N) is 2. The van der Waals surface area contributed by atoms with Crippen LogP contribution >= 0.6 is 12.2 Å². The first-order chi connectivity index (χ1) is 9.94. The van der Waals surface area contributed by atoms with E-state index in [0.29, 0.717) is 16.6 Å². The molecular formula is C15H16N4OS. The van der Waals surface area contributed by atoms with Crippen LogP contribution in [0, 0.1) is 13.8 Å². The molecule has 0 aliphatic rings. The Labute approximate surface area is 128 Å². The summed E-state index contributed by atoms with van der Waals surface area (Å²) in [5, 5.41) is 6.36. The Morgan fingerprint density at radius 3 is 2.14 bits per heavy atom. The molecule has 1 aromatic heterocycles. The lowest BCUT2D eigenvalue weighted by Gasteiger charge is -2.10. The first kappa shape index (κ1) is 15.1. The highest BCUT2D eigenvalue weighted by molar-refractivity contribution is 7.80. The maximum Gasteiger partial charge on any atom is 0.229 e. The van der Waals surface area contributed by atoms with Crippen molar-refractivity contribution in [3.05, 3.63) is 47.3 Å². The summed E-state index contributed by atoms with van der Waals surface area (Å²) in [6.45, 7) is 5.33. The number of carbonyl (C=O) groups is 1. The van der Waals surface area contributed by atoms with Crippen LogP contribution in [0.4, 0.5) is 11.6 Å². The van der Waals surface area contributed by atoms with Gasteiger partial charge in [-0.05, 0) is 63.3 Å². The second-order valence-corrected chi connectivity index (χ2v) is 5.10. The van der Waals surface area contributed by atoms with Gasteiger partial charge >= 0.3 is 0 Å². The predicted molar refractivity (Wildman–Crippen MR) is 87.8 cm³/mol. The third-order valence-electron chi connectivity index (χ3n) is 2.76. The summed E-state index contributed by atoms with van der Waals surface area (Å²) in [5.74, 6) is 0.497. The third-order valence-corrected chi connectivity index (χ3v) is 2.96. The van der Waals surface area contributed by atoms with Crippen molar-refractivity contribution in [3.63, 3.8) is 0 Å². The topological polar surface area (TPSA) is 66.9 Å². The summed E-state index contributed by atoms with van der Waals surface area (Å²) in [5.41, 5.74) is 3.20. The molecule has 108 valence electrons. The number of hydrogen-bond donors (Lipinski definition) is 2. The van der Waals surface area contributed by atoms with Gasteiger partial charge in [-0.1, -0.05) is 0 Å². The van der Waals surface area contributed by atoms with Gasteiger partial charge in [0, 0.05) is 22.6 Å². The van der Waals surface area contributed by atoms with Crippen LogP contribution in [0.15, 0.2) is 30.3 Å². The van der Waals surface area contributed by atoms with Crippen LogP contribution in [-0.2, 0) is 0 Å². The van der Waals surface area contributed by atoms with Gasteiger partial charge in [-0.3, -0.25) is 4.79 Å². The number of ketones is 1. The lowest BCUT2D eigenvalue weighted by atomic mass is 10.1. The molecule has 0 aliphatic heterocycles. The maximum atomic E-state index is 11.2. The highest BCUT2D eigenvalue weighted by atomic mass is 32.1. The van der Waals surface area contributed by atoms with Gasteiger partial charge in [0.05, 0.1) is 0 Å². The molecule has 2 aromatic rings. The van der Waals surface area contributed by atoms with E-state index < -0.39 is 0 Å². The summed E-state index contributed by atoms with van der Waals surface area (Å²) in [6, 6.07) is 8.99. The number of aryl methyl sites for hydroxylation is 2. The maximum absolute atomic E-state index is 11.2. The van der Waals surface area contributed by atoms with Crippen LogP contribution in [0.2, 0.25) is 0 Å². The second kappa shape index (κ2) is 6.41. The van der Waals surface area contributed by atoms with Crippen LogP contribution in [0.5, 0.6) is 0 Å². The molecular weight excluding hydrogens is 284 g/mol. The Balaban J connectivity index is 2.02. The van der Waals surface area contributed by atoms with E-state index in [1.54, 1.807) is 24.3 Å². The van der Waals surface area contributed by atoms with Gasteiger partial charge < -0.3 is 10.6 Å². The molecule has 0 saturated heterocycles. The average Bonchev–Trinajstić information content (AvgIpc) is 2.37. The van der Waals surface area contributed by atoms with Crippen molar-refractivity contribution in [1.82, 2.24) is 9.97 Å². The van der Waals surface area contributed by atoms with Crippen molar-refractivity contribution in [2.24, 2.45) is 0 Å². The van der Waals surface area contributed by atoms with Crippen molar-refractivity contribution >= 4 is 34.7 Å². The molecule has 1 heterocycles. The summed E-state index contributed by atoms with van der Waals surface area (Å²) < 4.78 is 0. The van der Waals surface area contributed by atoms with Crippen LogP contribution < -0.4 is 10.6 Å². The van der Waals surface area contributed by atoms with Gasteiger partial charge in [0.15, 0.2) is 10.9 Å². The van der Waals surface area contributed by atoms with Crippen LogP contribution in [0.3, 0.4) is 0 Å².